The van der Waals surface area contributed by atoms with Crippen molar-refractivity contribution in [3.05, 3.63) is 36.9 Å². The highest BCUT2D eigenvalue weighted by Gasteiger charge is 2.16. The smallest absolute Gasteiger partial charge is 0.241 e. The van der Waals surface area contributed by atoms with Gasteiger partial charge in [0.05, 0.1) is 6.04 Å². The van der Waals surface area contributed by atoms with E-state index in [1.807, 2.05) is 13.8 Å². The van der Waals surface area contributed by atoms with Crippen molar-refractivity contribution in [2.75, 3.05) is 11.9 Å². The van der Waals surface area contributed by atoms with Crippen molar-refractivity contribution in [3.63, 3.8) is 0 Å². The normalized spacial score (nSPS) is 12.0. The summed E-state index contributed by atoms with van der Waals surface area (Å²) in [6, 6.07) is 6.65. The van der Waals surface area contributed by atoms with Gasteiger partial charge in [-0.25, -0.2) is 0 Å². The second-order valence-corrected chi connectivity index (χ2v) is 4.38. The van der Waals surface area contributed by atoms with Crippen LogP contribution in [0.15, 0.2) is 36.9 Å². The molecule has 0 saturated carbocycles. The molecular formula is C14H20N2O2. The Balaban J connectivity index is 2.58. The molecule has 1 aromatic carbocycles. The number of benzene rings is 1. The van der Waals surface area contributed by atoms with Crippen molar-refractivity contribution in [3.8, 4) is 5.75 Å². The highest BCUT2D eigenvalue weighted by molar-refractivity contribution is 5.94. The minimum absolute atomic E-state index is 0.111. The minimum atomic E-state index is -0.498. The summed E-state index contributed by atoms with van der Waals surface area (Å²) in [5.74, 6) is 0.672. The van der Waals surface area contributed by atoms with Crippen LogP contribution in [-0.4, -0.2) is 18.6 Å². The fourth-order valence-corrected chi connectivity index (χ4v) is 1.32. The summed E-state index contributed by atoms with van der Waals surface area (Å²) >= 11 is 0. The van der Waals surface area contributed by atoms with E-state index in [2.05, 4.69) is 11.9 Å². The maximum absolute atomic E-state index is 11.7. The Morgan fingerprint density at radius 2 is 2.06 bits per heavy atom. The van der Waals surface area contributed by atoms with E-state index >= 15 is 0 Å². The zero-order valence-electron chi connectivity index (χ0n) is 10.8. The summed E-state index contributed by atoms with van der Waals surface area (Å²) in [5, 5.41) is 2.77. The molecule has 4 heteroatoms. The molecule has 0 aliphatic rings. The van der Waals surface area contributed by atoms with Crippen molar-refractivity contribution in [2.45, 2.75) is 19.9 Å². The molecule has 1 rings (SSSR count). The van der Waals surface area contributed by atoms with Crippen LogP contribution in [0.4, 0.5) is 5.69 Å². The van der Waals surface area contributed by atoms with Crippen LogP contribution in [0.1, 0.15) is 13.8 Å². The molecule has 0 aromatic heterocycles. The second-order valence-electron chi connectivity index (χ2n) is 4.38. The first-order chi connectivity index (χ1) is 8.54. The number of hydrogen-bond acceptors (Lipinski definition) is 3. The van der Waals surface area contributed by atoms with Crippen LogP contribution in [0.3, 0.4) is 0 Å². The number of hydrogen-bond donors (Lipinski definition) is 2. The summed E-state index contributed by atoms with van der Waals surface area (Å²) in [7, 11) is 0. The van der Waals surface area contributed by atoms with Crippen molar-refractivity contribution in [1.29, 1.82) is 0 Å². The Bertz CT molecular complexity index is 399. The maximum Gasteiger partial charge on any atom is 0.241 e. The topological polar surface area (TPSA) is 64.3 Å². The fraction of sp³-hybridized carbons (Fsp3) is 0.357. The van der Waals surface area contributed by atoms with Crippen molar-refractivity contribution in [2.24, 2.45) is 11.7 Å². The molecule has 0 bridgehead atoms. The molecule has 0 radical (unpaired) electrons. The van der Waals surface area contributed by atoms with Gasteiger partial charge in [0.25, 0.3) is 0 Å². The van der Waals surface area contributed by atoms with Gasteiger partial charge in [-0.05, 0) is 30.2 Å². The SMILES string of the molecule is C=CCOc1ccc(NC(=O)C(N)C(C)C)cc1. The Hall–Kier alpha value is -1.81. The minimum Gasteiger partial charge on any atom is -0.490 e. The Morgan fingerprint density at radius 3 is 2.56 bits per heavy atom. The Morgan fingerprint density at radius 1 is 1.44 bits per heavy atom. The average molecular weight is 248 g/mol. The number of nitrogens with one attached hydrogen (secondary N) is 1. The number of rotatable bonds is 6. The number of ether oxygens (including phenoxy) is 1. The largest absolute Gasteiger partial charge is 0.490 e. The summed E-state index contributed by atoms with van der Waals surface area (Å²) in [6.07, 6.45) is 1.68. The molecule has 98 valence electrons. The van der Waals surface area contributed by atoms with Crippen LogP contribution in [0.2, 0.25) is 0 Å². The van der Waals surface area contributed by atoms with Gasteiger partial charge in [-0.3, -0.25) is 4.79 Å². The molecule has 0 aliphatic heterocycles. The first-order valence-electron chi connectivity index (χ1n) is 5.94. The van der Waals surface area contributed by atoms with Gasteiger partial charge in [0, 0.05) is 5.69 Å². The number of carbonyl (C=O) groups is 1. The predicted octanol–water partition coefficient (Wildman–Crippen LogP) is 2.17. The van der Waals surface area contributed by atoms with E-state index in [9.17, 15) is 4.79 Å². The molecule has 1 amide bonds. The van der Waals surface area contributed by atoms with Crippen LogP contribution in [0.5, 0.6) is 5.75 Å². The monoisotopic (exact) mass is 248 g/mol. The van der Waals surface area contributed by atoms with Crippen molar-refractivity contribution < 1.29 is 9.53 Å². The second kappa shape index (κ2) is 6.81. The lowest BCUT2D eigenvalue weighted by atomic mass is 10.1. The van der Waals surface area contributed by atoms with Gasteiger partial charge in [-0.15, -0.1) is 0 Å². The summed E-state index contributed by atoms with van der Waals surface area (Å²) in [5.41, 5.74) is 6.47. The highest BCUT2D eigenvalue weighted by atomic mass is 16.5. The van der Waals surface area contributed by atoms with Crippen LogP contribution in [-0.2, 0) is 4.79 Å². The average Bonchev–Trinajstić information content (AvgIpc) is 2.36. The van der Waals surface area contributed by atoms with Crippen LogP contribution >= 0.6 is 0 Å². The summed E-state index contributed by atoms with van der Waals surface area (Å²) in [4.78, 5) is 11.7. The number of carbonyl (C=O) groups excluding carboxylic acids is 1. The third kappa shape index (κ3) is 4.22. The number of amides is 1. The standard InChI is InChI=1S/C14H20N2O2/c1-4-9-18-12-7-5-11(6-8-12)16-14(17)13(15)10(2)3/h4-8,10,13H,1,9,15H2,2-3H3,(H,16,17). The van der Waals surface area contributed by atoms with Gasteiger partial charge in [0.15, 0.2) is 0 Å². The molecular weight excluding hydrogens is 228 g/mol. The molecule has 3 N–H and O–H groups in total. The van der Waals surface area contributed by atoms with E-state index < -0.39 is 6.04 Å². The molecule has 18 heavy (non-hydrogen) atoms. The van der Waals surface area contributed by atoms with Crippen molar-refractivity contribution >= 4 is 11.6 Å². The fourth-order valence-electron chi connectivity index (χ4n) is 1.32. The Kier molecular flexibility index (Phi) is 5.39. The van der Waals surface area contributed by atoms with E-state index in [0.29, 0.717) is 12.3 Å². The zero-order chi connectivity index (χ0) is 13.5. The summed E-state index contributed by atoms with van der Waals surface area (Å²) < 4.78 is 5.35. The lowest BCUT2D eigenvalue weighted by Gasteiger charge is -2.15. The molecule has 0 spiro atoms. The van der Waals surface area contributed by atoms with E-state index in [1.165, 1.54) is 0 Å². The van der Waals surface area contributed by atoms with Crippen LogP contribution in [0, 0.1) is 5.92 Å². The Labute approximate surface area is 108 Å². The van der Waals surface area contributed by atoms with Gasteiger partial charge in [-0.2, -0.15) is 0 Å². The third-order valence-corrected chi connectivity index (χ3v) is 2.51. The van der Waals surface area contributed by atoms with E-state index in [-0.39, 0.29) is 11.8 Å². The highest BCUT2D eigenvalue weighted by Crippen LogP contribution is 2.16. The predicted molar refractivity (Wildman–Crippen MR) is 73.6 cm³/mol. The lowest BCUT2D eigenvalue weighted by molar-refractivity contribution is -0.118. The van der Waals surface area contributed by atoms with Gasteiger partial charge >= 0.3 is 0 Å². The van der Waals surface area contributed by atoms with Gasteiger partial charge in [0.1, 0.15) is 12.4 Å². The van der Waals surface area contributed by atoms with Gasteiger partial charge in [0.2, 0.25) is 5.91 Å². The zero-order valence-corrected chi connectivity index (χ0v) is 10.8. The third-order valence-electron chi connectivity index (χ3n) is 2.51. The molecule has 0 saturated heterocycles. The van der Waals surface area contributed by atoms with Crippen LogP contribution < -0.4 is 15.8 Å². The quantitative estimate of drug-likeness (QED) is 0.758. The molecule has 1 unspecified atom stereocenters. The maximum atomic E-state index is 11.7. The van der Waals surface area contributed by atoms with Crippen LogP contribution in [0.25, 0.3) is 0 Å². The lowest BCUT2D eigenvalue weighted by Crippen LogP contribution is -2.39. The number of anilines is 1. The molecule has 4 nitrogen and oxygen atoms in total. The van der Waals surface area contributed by atoms with E-state index in [4.69, 9.17) is 10.5 Å². The first kappa shape index (κ1) is 14.3. The molecule has 1 aromatic rings. The summed E-state index contributed by atoms with van der Waals surface area (Å²) in [6.45, 7) is 7.86. The molecule has 0 heterocycles. The van der Waals surface area contributed by atoms with E-state index in [1.54, 1.807) is 30.3 Å². The molecule has 0 aliphatic carbocycles. The number of nitrogens with two attached hydrogens (primary N) is 1. The van der Waals surface area contributed by atoms with Gasteiger partial charge < -0.3 is 15.8 Å². The first-order valence-corrected chi connectivity index (χ1v) is 5.94. The van der Waals surface area contributed by atoms with Gasteiger partial charge in [-0.1, -0.05) is 26.5 Å². The molecule has 0 fully saturated rings. The van der Waals surface area contributed by atoms with Crippen molar-refractivity contribution in [1.82, 2.24) is 0 Å². The molecule has 1 atom stereocenters. The van der Waals surface area contributed by atoms with E-state index in [0.717, 1.165) is 5.75 Å².